The molecule has 0 bridgehead atoms. The summed E-state index contributed by atoms with van der Waals surface area (Å²) in [4.78, 5) is 11.9. The lowest BCUT2D eigenvalue weighted by Crippen LogP contribution is -2.28. The maximum atomic E-state index is 11.9. The fraction of sp³-hybridized carbons (Fsp3) is 0.222. The zero-order valence-electron chi connectivity index (χ0n) is 13.3. The van der Waals surface area contributed by atoms with Gasteiger partial charge in [-0.15, -0.1) is 5.10 Å². The van der Waals surface area contributed by atoms with Crippen LogP contribution in [0.4, 0.5) is 0 Å². The van der Waals surface area contributed by atoms with Crippen LogP contribution in [0, 0.1) is 0 Å². The molecule has 1 heterocycles. The SMILES string of the molecule is O=c1oc(-c2ccccc2)nn1CC(O)COCc1ccccc1Cl. The van der Waals surface area contributed by atoms with Crippen molar-refractivity contribution in [3.63, 3.8) is 0 Å². The van der Waals surface area contributed by atoms with E-state index in [9.17, 15) is 9.90 Å². The number of hydrogen-bond acceptors (Lipinski definition) is 5. The van der Waals surface area contributed by atoms with Crippen LogP contribution >= 0.6 is 11.6 Å². The number of nitrogens with zero attached hydrogens (tertiary/aromatic N) is 2. The Morgan fingerprint density at radius 3 is 2.64 bits per heavy atom. The molecule has 2 aromatic carbocycles. The van der Waals surface area contributed by atoms with E-state index in [1.165, 1.54) is 0 Å². The van der Waals surface area contributed by atoms with Crippen molar-refractivity contribution in [3.8, 4) is 11.5 Å². The first-order chi connectivity index (χ1) is 12.1. The third kappa shape index (κ3) is 4.57. The smallest absolute Gasteiger partial charge is 0.389 e. The number of ether oxygens (including phenoxy) is 1. The normalized spacial score (nSPS) is 12.2. The lowest BCUT2D eigenvalue weighted by atomic mass is 10.2. The van der Waals surface area contributed by atoms with Gasteiger partial charge in [-0.1, -0.05) is 48.0 Å². The predicted octanol–water partition coefficient (Wildman–Crippen LogP) is 2.73. The van der Waals surface area contributed by atoms with E-state index in [-0.39, 0.29) is 25.6 Å². The van der Waals surface area contributed by atoms with Crippen molar-refractivity contribution in [1.29, 1.82) is 0 Å². The van der Waals surface area contributed by atoms with E-state index >= 15 is 0 Å². The molecule has 0 fully saturated rings. The molecule has 130 valence electrons. The number of aromatic nitrogens is 2. The summed E-state index contributed by atoms with van der Waals surface area (Å²) in [6, 6.07) is 16.4. The Hall–Kier alpha value is -2.41. The largest absolute Gasteiger partial charge is 0.437 e. The van der Waals surface area contributed by atoms with Gasteiger partial charge in [0.25, 0.3) is 0 Å². The first-order valence-corrected chi connectivity index (χ1v) is 8.14. The monoisotopic (exact) mass is 360 g/mol. The summed E-state index contributed by atoms with van der Waals surface area (Å²) in [5.41, 5.74) is 1.53. The summed E-state index contributed by atoms with van der Waals surface area (Å²) in [7, 11) is 0. The van der Waals surface area contributed by atoms with E-state index in [0.29, 0.717) is 10.6 Å². The number of rotatable bonds is 7. The Bertz CT molecular complexity index is 876. The molecule has 0 amide bonds. The van der Waals surface area contributed by atoms with Gasteiger partial charge in [-0.3, -0.25) is 0 Å². The molecule has 0 saturated carbocycles. The first kappa shape index (κ1) is 17.4. The summed E-state index contributed by atoms with van der Waals surface area (Å²) in [5, 5.41) is 14.8. The van der Waals surface area contributed by atoms with Crippen LogP contribution in [-0.2, 0) is 17.9 Å². The molecule has 1 aromatic heterocycles. The summed E-state index contributed by atoms with van der Waals surface area (Å²) in [6.45, 7) is 0.308. The zero-order chi connectivity index (χ0) is 17.6. The van der Waals surface area contributed by atoms with Crippen LogP contribution in [-0.4, -0.2) is 27.6 Å². The third-order valence-electron chi connectivity index (χ3n) is 3.54. The second kappa shape index (κ2) is 8.11. The van der Waals surface area contributed by atoms with Crippen molar-refractivity contribution >= 4 is 11.6 Å². The maximum absolute atomic E-state index is 11.9. The lowest BCUT2D eigenvalue weighted by molar-refractivity contribution is 0.0178. The van der Waals surface area contributed by atoms with E-state index in [0.717, 1.165) is 10.2 Å². The summed E-state index contributed by atoms with van der Waals surface area (Å²) < 4.78 is 11.7. The highest BCUT2D eigenvalue weighted by Crippen LogP contribution is 2.16. The van der Waals surface area contributed by atoms with Gasteiger partial charge in [0, 0.05) is 10.6 Å². The van der Waals surface area contributed by atoms with Crippen LogP contribution in [0.2, 0.25) is 5.02 Å². The van der Waals surface area contributed by atoms with Gasteiger partial charge in [0.15, 0.2) is 0 Å². The number of benzene rings is 2. The van der Waals surface area contributed by atoms with Gasteiger partial charge in [0.05, 0.1) is 25.9 Å². The van der Waals surface area contributed by atoms with Crippen LogP contribution in [0.25, 0.3) is 11.5 Å². The minimum atomic E-state index is -0.895. The maximum Gasteiger partial charge on any atom is 0.437 e. The van der Waals surface area contributed by atoms with Crippen LogP contribution in [0.5, 0.6) is 0 Å². The molecular formula is C18H17ClN2O4. The van der Waals surface area contributed by atoms with Crippen LogP contribution < -0.4 is 5.76 Å². The topological polar surface area (TPSA) is 77.5 Å². The number of halogens is 1. The standard InChI is InChI=1S/C18H17ClN2O4/c19-16-9-5-4-8-14(16)11-24-12-15(22)10-21-18(23)25-17(20-21)13-6-2-1-3-7-13/h1-9,15,22H,10-12H2. The Labute approximate surface area is 149 Å². The minimum Gasteiger partial charge on any atom is -0.389 e. The molecule has 25 heavy (non-hydrogen) atoms. The van der Waals surface area contributed by atoms with E-state index in [1.54, 1.807) is 18.2 Å². The predicted molar refractivity (Wildman–Crippen MR) is 93.3 cm³/mol. The summed E-state index contributed by atoms with van der Waals surface area (Å²) in [6.07, 6.45) is -0.895. The van der Waals surface area contributed by atoms with Gasteiger partial charge in [-0.05, 0) is 23.8 Å². The van der Waals surface area contributed by atoms with E-state index in [2.05, 4.69) is 5.10 Å². The Morgan fingerprint density at radius 1 is 1.16 bits per heavy atom. The van der Waals surface area contributed by atoms with Gasteiger partial charge < -0.3 is 14.3 Å². The first-order valence-electron chi connectivity index (χ1n) is 7.76. The average molecular weight is 361 g/mol. The molecule has 0 aliphatic carbocycles. The zero-order valence-corrected chi connectivity index (χ0v) is 14.1. The quantitative estimate of drug-likeness (QED) is 0.701. The molecule has 3 aromatic rings. The summed E-state index contributed by atoms with van der Waals surface area (Å²) >= 11 is 6.04. The van der Waals surface area contributed by atoms with E-state index in [1.807, 2.05) is 36.4 Å². The summed E-state index contributed by atoms with van der Waals surface area (Å²) in [5.74, 6) is -0.404. The number of hydrogen-bond donors (Lipinski definition) is 1. The molecule has 6 nitrogen and oxygen atoms in total. The highest BCUT2D eigenvalue weighted by molar-refractivity contribution is 6.31. The van der Waals surface area contributed by atoms with E-state index < -0.39 is 11.9 Å². The van der Waals surface area contributed by atoms with Crippen molar-refractivity contribution in [3.05, 3.63) is 75.7 Å². The molecule has 1 atom stereocenters. The van der Waals surface area contributed by atoms with Crippen molar-refractivity contribution < 1.29 is 14.3 Å². The van der Waals surface area contributed by atoms with Gasteiger partial charge >= 0.3 is 5.76 Å². The highest BCUT2D eigenvalue weighted by Gasteiger charge is 2.14. The van der Waals surface area contributed by atoms with Crippen LogP contribution in [0.3, 0.4) is 0 Å². The van der Waals surface area contributed by atoms with Crippen LogP contribution in [0.1, 0.15) is 5.56 Å². The molecular weight excluding hydrogens is 344 g/mol. The molecule has 3 rings (SSSR count). The van der Waals surface area contributed by atoms with Gasteiger partial charge in [0.2, 0.25) is 5.89 Å². The minimum absolute atomic E-state index is 0.0162. The van der Waals surface area contributed by atoms with Crippen molar-refractivity contribution in [2.24, 2.45) is 0 Å². The Morgan fingerprint density at radius 2 is 1.88 bits per heavy atom. The Balaban J connectivity index is 1.56. The molecule has 1 unspecified atom stereocenters. The molecule has 0 aliphatic heterocycles. The van der Waals surface area contributed by atoms with Gasteiger partial charge in [-0.25, -0.2) is 4.79 Å². The third-order valence-corrected chi connectivity index (χ3v) is 3.91. The number of aliphatic hydroxyl groups is 1. The molecule has 1 N–H and O–H groups in total. The van der Waals surface area contributed by atoms with Crippen molar-refractivity contribution in [1.82, 2.24) is 9.78 Å². The van der Waals surface area contributed by atoms with Crippen LogP contribution in [0.15, 0.2) is 63.8 Å². The van der Waals surface area contributed by atoms with Gasteiger partial charge in [0.1, 0.15) is 0 Å². The fourth-order valence-electron chi connectivity index (χ4n) is 2.29. The highest BCUT2D eigenvalue weighted by atomic mass is 35.5. The fourth-order valence-corrected chi connectivity index (χ4v) is 2.48. The average Bonchev–Trinajstić information content (AvgIpc) is 2.98. The molecule has 7 heteroatoms. The van der Waals surface area contributed by atoms with E-state index in [4.69, 9.17) is 20.8 Å². The molecule has 0 spiro atoms. The second-order valence-corrected chi connectivity index (χ2v) is 5.89. The number of aliphatic hydroxyl groups excluding tert-OH is 1. The second-order valence-electron chi connectivity index (χ2n) is 5.48. The molecule has 0 saturated heterocycles. The van der Waals surface area contributed by atoms with Crippen molar-refractivity contribution in [2.45, 2.75) is 19.3 Å². The molecule has 0 aliphatic rings. The van der Waals surface area contributed by atoms with Crippen molar-refractivity contribution in [2.75, 3.05) is 6.61 Å². The molecule has 0 radical (unpaired) electrons. The Kier molecular flexibility index (Phi) is 5.65. The lowest BCUT2D eigenvalue weighted by Gasteiger charge is -2.11. The van der Waals surface area contributed by atoms with Gasteiger partial charge in [-0.2, -0.15) is 4.68 Å².